The zero-order valence-electron chi connectivity index (χ0n) is 20.7. The van der Waals surface area contributed by atoms with Gasteiger partial charge in [0.25, 0.3) is 0 Å². The summed E-state index contributed by atoms with van der Waals surface area (Å²) in [5.74, 6) is 0. The van der Waals surface area contributed by atoms with Gasteiger partial charge in [-0.3, -0.25) is 4.90 Å². The van der Waals surface area contributed by atoms with Gasteiger partial charge < -0.3 is 18.3 Å². The summed E-state index contributed by atoms with van der Waals surface area (Å²) in [6.07, 6.45) is 7.34. The van der Waals surface area contributed by atoms with Gasteiger partial charge in [0.15, 0.2) is 16.6 Å². The van der Waals surface area contributed by atoms with E-state index >= 15 is 0 Å². The molecule has 0 spiro atoms. The second kappa shape index (κ2) is 17.9. The number of hydrogen-bond donors (Lipinski definition) is 0. The van der Waals surface area contributed by atoms with Crippen molar-refractivity contribution in [3.63, 3.8) is 0 Å². The van der Waals surface area contributed by atoms with Crippen molar-refractivity contribution in [2.45, 2.75) is 83.7 Å². The summed E-state index contributed by atoms with van der Waals surface area (Å²) in [7, 11) is 0.965. The first-order chi connectivity index (χ1) is 13.8. The van der Waals surface area contributed by atoms with E-state index in [2.05, 4.69) is 38.0 Å². The molecule has 0 atom stereocenters. The van der Waals surface area contributed by atoms with Gasteiger partial charge >= 0.3 is 0 Å². The number of hydrogen-bond acceptors (Lipinski definition) is 5. The molecule has 0 aromatic rings. The number of rotatable bonds is 21. The van der Waals surface area contributed by atoms with Gasteiger partial charge in [-0.25, -0.2) is 0 Å². The first-order valence-corrected chi connectivity index (χ1v) is 18.0. The highest BCUT2D eigenvalue weighted by atomic mass is 28.4. The molecule has 5 nitrogen and oxygen atoms in total. The van der Waals surface area contributed by atoms with Crippen LogP contribution in [0.4, 0.5) is 0 Å². The fourth-order valence-corrected chi connectivity index (χ4v) is 5.70. The lowest BCUT2D eigenvalue weighted by Crippen LogP contribution is -2.31. The lowest BCUT2D eigenvalue weighted by atomic mass is 10.3. The van der Waals surface area contributed by atoms with Crippen LogP contribution in [0.5, 0.6) is 0 Å². The van der Waals surface area contributed by atoms with E-state index in [-0.39, 0.29) is 0 Å². The van der Waals surface area contributed by atoms with Gasteiger partial charge in [-0.1, -0.05) is 32.6 Å². The van der Waals surface area contributed by atoms with Crippen LogP contribution in [0.3, 0.4) is 0 Å². The summed E-state index contributed by atoms with van der Waals surface area (Å²) in [4.78, 5) is 2.42. The summed E-state index contributed by atoms with van der Waals surface area (Å²) >= 11 is 0. The Bertz CT molecular complexity index is 339. The second-order valence-electron chi connectivity index (χ2n) is 9.21. The van der Waals surface area contributed by atoms with Gasteiger partial charge in [-0.05, 0) is 57.7 Å². The predicted octanol–water partition coefficient (Wildman–Crippen LogP) is 5.39. The van der Waals surface area contributed by atoms with Crippen molar-refractivity contribution < 1.29 is 18.3 Å². The second-order valence-corrected chi connectivity index (χ2v) is 18.1. The van der Waals surface area contributed by atoms with Crippen LogP contribution in [-0.4, -0.2) is 81.8 Å². The molecule has 0 aliphatic carbocycles. The first-order valence-electron chi connectivity index (χ1n) is 11.7. The average Bonchev–Trinajstić information content (AvgIpc) is 2.70. The SMILES string of the molecule is CCN(CCOCCCCC[Si](C)(C)OC)CCOCCCCC[Si](C)(C)OC. The third kappa shape index (κ3) is 18.7. The standard InChI is InChI=1S/C22H51NO4Si2/c1-8-23(15-19-26-17-11-9-13-21-28(4,5)24-2)16-20-27-18-12-10-14-22-29(6,7)25-3/h8-22H2,1-7H3. The molecule has 0 radical (unpaired) electrons. The van der Waals surface area contributed by atoms with Crippen LogP contribution >= 0.6 is 0 Å². The highest BCUT2D eigenvalue weighted by Gasteiger charge is 2.19. The molecule has 0 aliphatic heterocycles. The number of likely N-dealkylation sites (N-methyl/N-ethyl adjacent to an activating group) is 1. The van der Waals surface area contributed by atoms with E-state index in [9.17, 15) is 0 Å². The van der Waals surface area contributed by atoms with Crippen molar-refractivity contribution in [2.75, 3.05) is 60.3 Å². The summed E-state index contributed by atoms with van der Waals surface area (Å²) in [6.45, 7) is 17.8. The third-order valence-electron chi connectivity index (χ3n) is 5.79. The third-order valence-corrected chi connectivity index (χ3v) is 11.1. The van der Waals surface area contributed by atoms with Gasteiger partial charge in [-0.15, -0.1) is 0 Å². The maximum atomic E-state index is 5.82. The van der Waals surface area contributed by atoms with Crippen LogP contribution in [0.1, 0.15) is 45.4 Å². The molecule has 0 saturated heterocycles. The van der Waals surface area contributed by atoms with Crippen LogP contribution in [0.15, 0.2) is 0 Å². The highest BCUT2D eigenvalue weighted by Crippen LogP contribution is 2.15. The van der Waals surface area contributed by atoms with Crippen molar-refractivity contribution in [3.8, 4) is 0 Å². The van der Waals surface area contributed by atoms with Crippen molar-refractivity contribution in [3.05, 3.63) is 0 Å². The molecule has 0 saturated carbocycles. The van der Waals surface area contributed by atoms with E-state index in [1.54, 1.807) is 0 Å². The summed E-state index contributed by atoms with van der Waals surface area (Å²) in [6, 6.07) is 2.50. The topological polar surface area (TPSA) is 40.2 Å². The number of unbranched alkanes of at least 4 members (excludes halogenated alkanes) is 4. The van der Waals surface area contributed by atoms with E-state index in [0.717, 1.165) is 58.9 Å². The van der Waals surface area contributed by atoms with Crippen molar-refractivity contribution in [1.29, 1.82) is 0 Å². The molecule has 0 rings (SSSR count). The first kappa shape index (κ1) is 29.2. The Hall–Kier alpha value is 0.234. The van der Waals surface area contributed by atoms with Crippen LogP contribution in [0.25, 0.3) is 0 Å². The molecule has 0 aliphatic rings. The minimum Gasteiger partial charge on any atom is -0.420 e. The zero-order valence-corrected chi connectivity index (χ0v) is 22.7. The number of ether oxygens (including phenoxy) is 2. The Morgan fingerprint density at radius 3 is 1.34 bits per heavy atom. The molecular formula is C22H51NO4Si2. The largest absolute Gasteiger partial charge is 0.420 e. The molecule has 176 valence electrons. The molecule has 0 fully saturated rings. The molecule has 29 heavy (non-hydrogen) atoms. The zero-order chi connectivity index (χ0) is 22.0. The van der Waals surface area contributed by atoms with Gasteiger partial charge in [0.05, 0.1) is 13.2 Å². The Balaban J connectivity index is 3.48. The number of nitrogens with zero attached hydrogens (tertiary/aromatic N) is 1. The van der Waals surface area contributed by atoms with Gasteiger partial charge in [0, 0.05) is 40.5 Å². The lowest BCUT2D eigenvalue weighted by Gasteiger charge is -2.21. The molecule has 0 bridgehead atoms. The van der Waals surface area contributed by atoms with Crippen LogP contribution in [0.2, 0.25) is 38.3 Å². The van der Waals surface area contributed by atoms with E-state index < -0.39 is 16.6 Å². The maximum Gasteiger partial charge on any atom is 0.186 e. The lowest BCUT2D eigenvalue weighted by molar-refractivity contribution is 0.0742. The predicted molar refractivity (Wildman–Crippen MR) is 130 cm³/mol. The summed E-state index contributed by atoms with van der Waals surface area (Å²) in [5, 5.41) is 0. The molecule has 0 unspecified atom stereocenters. The average molecular weight is 450 g/mol. The minimum atomic E-state index is -1.37. The van der Waals surface area contributed by atoms with Gasteiger partial charge in [-0.2, -0.15) is 0 Å². The van der Waals surface area contributed by atoms with Crippen LogP contribution in [0, 0.1) is 0 Å². The Labute approximate surface area is 184 Å². The molecule has 7 heteroatoms. The molecule has 0 heterocycles. The molecule has 0 amide bonds. The minimum absolute atomic E-state index is 0.825. The van der Waals surface area contributed by atoms with Crippen molar-refractivity contribution >= 4 is 16.6 Å². The fourth-order valence-electron chi connectivity index (χ4n) is 3.09. The van der Waals surface area contributed by atoms with Crippen molar-refractivity contribution in [2.24, 2.45) is 0 Å². The Morgan fingerprint density at radius 1 is 0.586 bits per heavy atom. The monoisotopic (exact) mass is 449 g/mol. The van der Waals surface area contributed by atoms with E-state index in [1.165, 1.54) is 37.8 Å². The fraction of sp³-hybridized carbons (Fsp3) is 1.00. The van der Waals surface area contributed by atoms with Gasteiger partial charge in [0.1, 0.15) is 0 Å². The molecule has 0 aromatic heterocycles. The maximum absolute atomic E-state index is 5.82. The molecule has 0 aromatic carbocycles. The molecule has 0 N–H and O–H groups in total. The normalized spacial score (nSPS) is 12.8. The summed E-state index contributed by atoms with van der Waals surface area (Å²) in [5.41, 5.74) is 0. The van der Waals surface area contributed by atoms with Crippen LogP contribution < -0.4 is 0 Å². The Kier molecular flexibility index (Phi) is 18.0. The van der Waals surface area contributed by atoms with Crippen molar-refractivity contribution in [1.82, 2.24) is 4.90 Å². The molecular weight excluding hydrogens is 398 g/mol. The quantitative estimate of drug-likeness (QED) is 0.174. The van der Waals surface area contributed by atoms with E-state index in [4.69, 9.17) is 18.3 Å². The smallest absolute Gasteiger partial charge is 0.186 e. The Morgan fingerprint density at radius 2 is 1.00 bits per heavy atom. The van der Waals surface area contributed by atoms with Crippen LogP contribution in [-0.2, 0) is 18.3 Å². The van der Waals surface area contributed by atoms with E-state index in [1.807, 2.05) is 14.2 Å². The summed E-state index contributed by atoms with van der Waals surface area (Å²) < 4.78 is 22.8. The highest BCUT2D eigenvalue weighted by molar-refractivity contribution is 6.71. The van der Waals surface area contributed by atoms with Gasteiger partial charge in [0.2, 0.25) is 0 Å². The van der Waals surface area contributed by atoms with E-state index in [0.29, 0.717) is 0 Å².